The summed E-state index contributed by atoms with van der Waals surface area (Å²) in [4.78, 5) is 0. The predicted octanol–water partition coefficient (Wildman–Crippen LogP) is 8.33. The standard InChI is InChI=1S/C22H13F17O2/c23-15(24,17(27,28)19(31,32)21(35,36)37)16(25,26)18(29,30)20(33,34)22(38,39)41-10-12-3-7-14(8-4-12)13-5-1-11(9-40)2-6-13/h1-8,40H,9-10H2. The second kappa shape index (κ2) is 10.5. The van der Waals surface area contributed by atoms with Gasteiger partial charge in [-0.1, -0.05) is 48.5 Å². The van der Waals surface area contributed by atoms with Crippen molar-refractivity contribution in [3.8, 4) is 11.1 Å². The second-order valence-electron chi connectivity index (χ2n) is 8.30. The highest BCUT2D eigenvalue weighted by molar-refractivity contribution is 5.63. The van der Waals surface area contributed by atoms with Crippen LogP contribution in [0.15, 0.2) is 48.5 Å². The summed E-state index contributed by atoms with van der Waals surface area (Å²) in [5.74, 6) is -50.4. The summed E-state index contributed by atoms with van der Waals surface area (Å²) in [6.07, 6.45) is -14.7. The number of rotatable bonds is 11. The van der Waals surface area contributed by atoms with Crippen LogP contribution in [0.1, 0.15) is 11.1 Å². The van der Waals surface area contributed by atoms with Gasteiger partial charge in [-0.2, -0.15) is 74.6 Å². The molecule has 2 aromatic carbocycles. The zero-order chi connectivity index (χ0) is 32.1. The molecule has 0 aliphatic heterocycles. The quantitative estimate of drug-likeness (QED) is 0.253. The molecule has 2 nitrogen and oxygen atoms in total. The lowest BCUT2D eigenvalue weighted by Crippen LogP contribution is -2.74. The molecule has 2 aromatic rings. The molecule has 0 aliphatic rings. The molecular weight excluding hydrogens is 619 g/mol. The van der Waals surface area contributed by atoms with Gasteiger partial charge in [0.05, 0.1) is 13.2 Å². The van der Waals surface area contributed by atoms with E-state index in [0.717, 1.165) is 24.3 Å². The lowest BCUT2D eigenvalue weighted by molar-refractivity contribution is -0.478. The summed E-state index contributed by atoms with van der Waals surface area (Å²) >= 11 is 0. The van der Waals surface area contributed by atoms with Crippen LogP contribution in [0.4, 0.5) is 74.6 Å². The van der Waals surface area contributed by atoms with Crippen molar-refractivity contribution >= 4 is 0 Å². The fraction of sp³-hybridized carbons (Fsp3) is 0.455. The molecule has 19 heteroatoms. The molecule has 1 N–H and O–H groups in total. The van der Waals surface area contributed by atoms with Gasteiger partial charge >= 0.3 is 47.8 Å². The third-order valence-electron chi connectivity index (χ3n) is 5.54. The molecule has 0 radical (unpaired) electrons. The van der Waals surface area contributed by atoms with Crippen molar-refractivity contribution in [1.82, 2.24) is 0 Å². The van der Waals surface area contributed by atoms with E-state index in [0.29, 0.717) is 16.7 Å². The third kappa shape index (κ3) is 5.41. The van der Waals surface area contributed by atoms with Crippen LogP contribution in [0.5, 0.6) is 0 Å². The van der Waals surface area contributed by atoms with Crippen LogP contribution < -0.4 is 0 Å². The topological polar surface area (TPSA) is 29.5 Å². The van der Waals surface area contributed by atoms with Crippen LogP contribution >= 0.6 is 0 Å². The summed E-state index contributed by atoms with van der Waals surface area (Å²) < 4.78 is 229. The van der Waals surface area contributed by atoms with E-state index < -0.39 is 60.0 Å². The van der Waals surface area contributed by atoms with Gasteiger partial charge in [-0.25, -0.2) is 0 Å². The van der Waals surface area contributed by atoms with Gasteiger partial charge in [0.15, 0.2) is 0 Å². The second-order valence-corrected chi connectivity index (χ2v) is 8.30. The molecule has 0 aromatic heterocycles. The lowest BCUT2D eigenvalue weighted by atomic mass is 9.90. The Hall–Kier alpha value is -2.83. The molecule has 0 amide bonds. The number of alkyl halides is 17. The molecule has 0 spiro atoms. The van der Waals surface area contributed by atoms with Gasteiger partial charge in [-0.05, 0) is 22.3 Å². The van der Waals surface area contributed by atoms with Crippen molar-refractivity contribution in [2.45, 2.75) is 61.0 Å². The molecule has 0 bridgehead atoms. The molecule has 0 saturated heterocycles. The summed E-state index contributed by atoms with van der Waals surface area (Å²) in [5.41, 5.74) is 0.690. The highest BCUT2D eigenvalue weighted by Crippen LogP contribution is 2.64. The van der Waals surface area contributed by atoms with Gasteiger partial charge in [-0.3, -0.25) is 0 Å². The van der Waals surface area contributed by atoms with Crippen LogP contribution in [0.25, 0.3) is 11.1 Å². The van der Waals surface area contributed by atoms with E-state index in [1.165, 1.54) is 24.3 Å². The Morgan fingerprint density at radius 3 is 1.10 bits per heavy atom. The number of benzene rings is 2. The van der Waals surface area contributed by atoms with E-state index in [-0.39, 0.29) is 6.61 Å². The third-order valence-corrected chi connectivity index (χ3v) is 5.54. The number of aliphatic hydroxyl groups excluding tert-OH is 1. The number of ether oxygens (including phenoxy) is 1. The first kappa shape index (κ1) is 34.4. The first-order chi connectivity index (χ1) is 18.2. The van der Waals surface area contributed by atoms with Crippen molar-refractivity contribution in [2.75, 3.05) is 0 Å². The van der Waals surface area contributed by atoms with Gasteiger partial charge in [0.1, 0.15) is 0 Å². The monoisotopic (exact) mass is 632 g/mol. The molecule has 0 fully saturated rings. The highest BCUT2D eigenvalue weighted by Gasteiger charge is 2.95. The molecule has 0 atom stereocenters. The zero-order valence-electron chi connectivity index (χ0n) is 19.3. The number of halogens is 17. The number of hydrogen-bond donors (Lipinski definition) is 1. The SMILES string of the molecule is OCc1ccc(-c2ccc(COC(F)(F)C(F)(F)C(F)(F)C(F)(F)C(F)(F)C(F)(F)C(F)(F)C(F)(F)F)cc2)cc1. The highest BCUT2D eigenvalue weighted by atomic mass is 19.4. The van der Waals surface area contributed by atoms with E-state index in [9.17, 15) is 74.6 Å². The molecule has 2 rings (SSSR count). The molecule has 0 saturated carbocycles. The van der Waals surface area contributed by atoms with Crippen molar-refractivity contribution in [3.05, 3.63) is 59.7 Å². The Morgan fingerprint density at radius 2 is 0.756 bits per heavy atom. The predicted molar refractivity (Wildman–Crippen MR) is 103 cm³/mol. The van der Waals surface area contributed by atoms with E-state index in [4.69, 9.17) is 5.11 Å². The van der Waals surface area contributed by atoms with Gasteiger partial charge < -0.3 is 9.84 Å². The van der Waals surface area contributed by atoms with E-state index in [1.54, 1.807) is 0 Å². The Kier molecular flexibility index (Phi) is 8.77. The molecule has 41 heavy (non-hydrogen) atoms. The van der Waals surface area contributed by atoms with Crippen LogP contribution in [0.2, 0.25) is 0 Å². The van der Waals surface area contributed by atoms with Crippen LogP contribution in [-0.4, -0.2) is 52.9 Å². The van der Waals surface area contributed by atoms with E-state index >= 15 is 0 Å². The fourth-order valence-electron chi connectivity index (χ4n) is 3.01. The van der Waals surface area contributed by atoms with Crippen molar-refractivity contribution in [3.63, 3.8) is 0 Å². The van der Waals surface area contributed by atoms with Crippen LogP contribution in [-0.2, 0) is 18.0 Å². The summed E-state index contributed by atoms with van der Waals surface area (Å²) in [5, 5.41) is 8.99. The Morgan fingerprint density at radius 1 is 0.439 bits per heavy atom. The smallest absolute Gasteiger partial charge is 0.392 e. The minimum atomic E-state index is -8.69. The first-order valence-corrected chi connectivity index (χ1v) is 10.4. The van der Waals surface area contributed by atoms with Gasteiger partial charge in [0.2, 0.25) is 0 Å². The van der Waals surface area contributed by atoms with Gasteiger partial charge in [0, 0.05) is 0 Å². The maximum atomic E-state index is 13.9. The first-order valence-electron chi connectivity index (χ1n) is 10.4. The van der Waals surface area contributed by atoms with E-state index in [1.807, 2.05) is 0 Å². The van der Waals surface area contributed by atoms with E-state index in [2.05, 4.69) is 4.74 Å². The Labute approximate surface area is 217 Å². The number of aliphatic hydroxyl groups is 1. The van der Waals surface area contributed by atoms with Gasteiger partial charge in [0.25, 0.3) is 0 Å². The van der Waals surface area contributed by atoms with Crippen molar-refractivity contribution < 1.29 is 84.5 Å². The normalized spacial score (nSPS) is 14.9. The average molecular weight is 632 g/mol. The summed E-state index contributed by atoms with van der Waals surface area (Å²) in [6.45, 7) is -2.16. The molecular formula is C22H13F17O2. The fourth-order valence-corrected chi connectivity index (χ4v) is 3.01. The number of hydrogen-bond acceptors (Lipinski definition) is 2. The summed E-state index contributed by atoms with van der Waals surface area (Å²) in [7, 11) is 0. The minimum absolute atomic E-state index is 0.319. The molecule has 0 heterocycles. The van der Waals surface area contributed by atoms with Crippen molar-refractivity contribution in [1.29, 1.82) is 0 Å². The molecule has 0 aliphatic carbocycles. The molecule has 232 valence electrons. The summed E-state index contributed by atoms with van der Waals surface area (Å²) in [6, 6.07) is 9.82. The van der Waals surface area contributed by atoms with Crippen LogP contribution in [0, 0.1) is 0 Å². The lowest BCUT2D eigenvalue weighted by Gasteiger charge is -2.42. The zero-order valence-corrected chi connectivity index (χ0v) is 19.3. The minimum Gasteiger partial charge on any atom is -0.392 e. The molecule has 0 unspecified atom stereocenters. The average Bonchev–Trinajstić information content (AvgIpc) is 2.86. The van der Waals surface area contributed by atoms with Gasteiger partial charge in [-0.15, -0.1) is 0 Å². The Bertz CT molecular complexity index is 1190. The van der Waals surface area contributed by atoms with Crippen molar-refractivity contribution in [2.24, 2.45) is 0 Å². The largest absolute Gasteiger partial charge is 0.460 e. The maximum absolute atomic E-state index is 13.9. The maximum Gasteiger partial charge on any atom is 0.460 e. The van der Waals surface area contributed by atoms with Crippen LogP contribution in [0.3, 0.4) is 0 Å². The Balaban J connectivity index is 2.34.